The molecular formula is C20H27NO4. The predicted molar refractivity (Wildman–Crippen MR) is 95.9 cm³/mol. The average molecular weight is 345 g/mol. The van der Waals surface area contributed by atoms with E-state index in [0.29, 0.717) is 19.8 Å². The molecule has 0 saturated carbocycles. The first-order valence-electron chi connectivity index (χ1n) is 8.98. The Kier molecular flexibility index (Phi) is 5.45. The molecule has 25 heavy (non-hydrogen) atoms. The van der Waals surface area contributed by atoms with E-state index in [1.807, 2.05) is 45.0 Å². The molecule has 1 saturated heterocycles. The molecule has 0 aliphatic carbocycles. The van der Waals surface area contributed by atoms with E-state index in [1.54, 1.807) is 4.90 Å². The highest BCUT2D eigenvalue weighted by molar-refractivity contribution is 5.82. The number of benzene rings is 1. The number of allylic oxidation sites excluding steroid dienone is 1. The van der Waals surface area contributed by atoms with Gasteiger partial charge in [0.25, 0.3) is 0 Å². The zero-order valence-corrected chi connectivity index (χ0v) is 15.3. The predicted octanol–water partition coefficient (Wildman–Crippen LogP) is 4.49. The smallest absolute Gasteiger partial charge is 0.414 e. The maximum atomic E-state index is 12.7. The molecular weight excluding hydrogens is 318 g/mol. The van der Waals surface area contributed by atoms with Crippen LogP contribution in [-0.4, -0.2) is 36.4 Å². The van der Waals surface area contributed by atoms with Gasteiger partial charge in [0.1, 0.15) is 5.60 Å². The molecule has 5 nitrogen and oxygen atoms in total. The van der Waals surface area contributed by atoms with Gasteiger partial charge in [0.2, 0.25) is 0 Å². The molecule has 0 unspecified atom stereocenters. The normalized spacial score (nSPS) is 19.5. The summed E-state index contributed by atoms with van der Waals surface area (Å²) in [6, 6.07) is 8.04. The minimum atomic E-state index is -0.512. The van der Waals surface area contributed by atoms with E-state index >= 15 is 0 Å². The molecule has 1 aromatic rings. The van der Waals surface area contributed by atoms with Crippen LogP contribution in [0.1, 0.15) is 57.5 Å². The van der Waals surface area contributed by atoms with Crippen molar-refractivity contribution >= 4 is 11.8 Å². The van der Waals surface area contributed by atoms with Crippen molar-refractivity contribution in [2.45, 2.75) is 51.9 Å². The second-order valence-electron chi connectivity index (χ2n) is 7.42. The minimum Gasteiger partial charge on any atom is -0.443 e. The van der Waals surface area contributed by atoms with Crippen LogP contribution in [-0.2, 0) is 14.2 Å². The lowest BCUT2D eigenvalue weighted by molar-refractivity contribution is -0.0441. The summed E-state index contributed by atoms with van der Waals surface area (Å²) in [7, 11) is 0. The summed E-state index contributed by atoms with van der Waals surface area (Å²) in [6.45, 7) is 7.56. The van der Waals surface area contributed by atoms with Gasteiger partial charge < -0.3 is 14.2 Å². The topological polar surface area (TPSA) is 48.0 Å². The third-order valence-corrected chi connectivity index (χ3v) is 4.15. The van der Waals surface area contributed by atoms with Crippen LogP contribution in [0.5, 0.6) is 0 Å². The zero-order chi connectivity index (χ0) is 17.9. The van der Waals surface area contributed by atoms with Crippen molar-refractivity contribution in [3.05, 3.63) is 41.5 Å². The Balaban J connectivity index is 1.87. The fourth-order valence-corrected chi connectivity index (χ4v) is 3.06. The van der Waals surface area contributed by atoms with Crippen LogP contribution >= 0.6 is 0 Å². The first kappa shape index (κ1) is 18.0. The van der Waals surface area contributed by atoms with Crippen LogP contribution in [0.2, 0.25) is 0 Å². The van der Waals surface area contributed by atoms with Gasteiger partial charge in [0.05, 0.1) is 18.9 Å². The van der Waals surface area contributed by atoms with Crippen LogP contribution in [0.15, 0.2) is 30.3 Å². The summed E-state index contributed by atoms with van der Waals surface area (Å²) in [4.78, 5) is 14.5. The minimum absolute atomic E-state index is 0.292. The molecule has 2 aliphatic heterocycles. The van der Waals surface area contributed by atoms with Crippen LogP contribution in [0.3, 0.4) is 0 Å². The highest BCUT2D eigenvalue weighted by atomic mass is 16.7. The molecule has 136 valence electrons. The van der Waals surface area contributed by atoms with Crippen LogP contribution < -0.4 is 0 Å². The molecule has 0 N–H and O–H groups in total. The lowest BCUT2D eigenvalue weighted by atomic mass is 10.1. The summed E-state index contributed by atoms with van der Waals surface area (Å²) in [5.74, 6) is 0. The third-order valence-electron chi connectivity index (χ3n) is 4.15. The Labute approximate surface area is 149 Å². The summed E-state index contributed by atoms with van der Waals surface area (Å²) in [5.41, 5.74) is 2.36. The monoisotopic (exact) mass is 345 g/mol. The average Bonchev–Trinajstić information content (AvgIpc) is 2.97. The molecule has 0 spiro atoms. The fraction of sp³-hybridized carbons (Fsp3) is 0.550. The Morgan fingerprint density at radius 2 is 1.96 bits per heavy atom. The molecule has 1 fully saturated rings. The van der Waals surface area contributed by atoms with Crippen molar-refractivity contribution in [1.82, 2.24) is 4.90 Å². The molecule has 0 radical (unpaired) electrons. The standard InChI is InChI=1S/C20H27NO4/c1-20(2,3)25-19(22)21-11-6-4-5-10-17(21)15-8-7-9-16(14-15)18-23-12-13-24-18/h7-10,14,18H,4-6,11-13H2,1-3H3. The summed E-state index contributed by atoms with van der Waals surface area (Å²) < 4.78 is 16.8. The number of amides is 1. The van der Waals surface area contributed by atoms with Crippen molar-refractivity contribution in [2.24, 2.45) is 0 Å². The Morgan fingerprint density at radius 1 is 1.20 bits per heavy atom. The van der Waals surface area contributed by atoms with Gasteiger partial charge in [-0.3, -0.25) is 4.90 Å². The number of carbonyl (C=O) groups excluding carboxylic acids is 1. The van der Waals surface area contributed by atoms with E-state index in [9.17, 15) is 4.79 Å². The van der Waals surface area contributed by atoms with E-state index in [1.165, 1.54) is 0 Å². The number of ether oxygens (including phenoxy) is 3. The summed E-state index contributed by atoms with van der Waals surface area (Å²) in [6.07, 6.45) is 4.51. The van der Waals surface area contributed by atoms with E-state index in [2.05, 4.69) is 6.08 Å². The molecule has 0 bridgehead atoms. The molecule has 3 rings (SSSR count). The van der Waals surface area contributed by atoms with Gasteiger partial charge >= 0.3 is 6.09 Å². The van der Waals surface area contributed by atoms with Crippen LogP contribution in [0.25, 0.3) is 5.70 Å². The van der Waals surface area contributed by atoms with E-state index in [0.717, 1.165) is 36.1 Å². The third kappa shape index (κ3) is 4.61. The SMILES string of the molecule is CC(C)(C)OC(=O)N1CCCCC=C1c1cccc(C2OCCO2)c1. The lowest BCUT2D eigenvalue weighted by Gasteiger charge is -2.28. The number of nitrogens with zero attached hydrogens (tertiary/aromatic N) is 1. The van der Waals surface area contributed by atoms with Gasteiger partial charge in [0, 0.05) is 12.1 Å². The quantitative estimate of drug-likeness (QED) is 0.792. The van der Waals surface area contributed by atoms with Gasteiger partial charge in [-0.1, -0.05) is 24.3 Å². The maximum absolute atomic E-state index is 12.7. The second-order valence-corrected chi connectivity index (χ2v) is 7.42. The molecule has 1 amide bonds. The first-order valence-corrected chi connectivity index (χ1v) is 8.98. The highest BCUT2D eigenvalue weighted by Crippen LogP contribution is 2.30. The summed E-state index contributed by atoms with van der Waals surface area (Å²) in [5, 5.41) is 0. The van der Waals surface area contributed by atoms with Gasteiger partial charge in [-0.25, -0.2) is 4.79 Å². The number of rotatable bonds is 2. The van der Waals surface area contributed by atoms with Gasteiger partial charge in [-0.2, -0.15) is 0 Å². The van der Waals surface area contributed by atoms with E-state index in [-0.39, 0.29) is 12.4 Å². The van der Waals surface area contributed by atoms with E-state index in [4.69, 9.17) is 14.2 Å². The summed E-state index contributed by atoms with van der Waals surface area (Å²) >= 11 is 0. The highest BCUT2D eigenvalue weighted by Gasteiger charge is 2.27. The Morgan fingerprint density at radius 3 is 2.68 bits per heavy atom. The van der Waals surface area contributed by atoms with Crippen molar-refractivity contribution in [1.29, 1.82) is 0 Å². The van der Waals surface area contributed by atoms with Crippen molar-refractivity contribution < 1.29 is 19.0 Å². The maximum Gasteiger partial charge on any atom is 0.414 e. The van der Waals surface area contributed by atoms with Gasteiger partial charge in [0.15, 0.2) is 6.29 Å². The zero-order valence-electron chi connectivity index (χ0n) is 15.3. The van der Waals surface area contributed by atoms with Gasteiger partial charge in [-0.05, 0) is 51.7 Å². The molecule has 0 atom stereocenters. The van der Waals surface area contributed by atoms with Crippen LogP contribution in [0, 0.1) is 0 Å². The molecule has 0 aromatic heterocycles. The number of hydrogen-bond donors (Lipinski definition) is 0. The number of carbonyl (C=O) groups is 1. The fourth-order valence-electron chi connectivity index (χ4n) is 3.06. The Hall–Kier alpha value is -1.85. The van der Waals surface area contributed by atoms with E-state index < -0.39 is 5.60 Å². The number of hydrogen-bond acceptors (Lipinski definition) is 4. The van der Waals surface area contributed by atoms with Crippen LogP contribution in [0.4, 0.5) is 4.79 Å². The van der Waals surface area contributed by atoms with Crippen molar-refractivity contribution in [3.8, 4) is 0 Å². The second kappa shape index (κ2) is 7.58. The molecule has 2 aliphatic rings. The first-order chi connectivity index (χ1) is 11.9. The van der Waals surface area contributed by atoms with Gasteiger partial charge in [-0.15, -0.1) is 0 Å². The lowest BCUT2D eigenvalue weighted by Crippen LogP contribution is -2.36. The molecule has 1 aromatic carbocycles. The van der Waals surface area contributed by atoms with Crippen molar-refractivity contribution in [3.63, 3.8) is 0 Å². The molecule has 5 heteroatoms. The largest absolute Gasteiger partial charge is 0.443 e. The Bertz CT molecular complexity index is 641. The molecule has 2 heterocycles. The van der Waals surface area contributed by atoms with Crippen molar-refractivity contribution in [2.75, 3.05) is 19.8 Å².